The molecule has 3 aromatic rings. The van der Waals surface area contributed by atoms with Crippen molar-refractivity contribution in [3.05, 3.63) is 95.6 Å². The second-order valence-electron chi connectivity index (χ2n) is 8.18. The molecule has 7 heteroatoms. The third kappa shape index (κ3) is 7.86. The van der Waals surface area contributed by atoms with E-state index in [-0.39, 0.29) is 17.7 Å². The predicted molar refractivity (Wildman–Crippen MR) is 136 cm³/mol. The van der Waals surface area contributed by atoms with Gasteiger partial charge in [-0.05, 0) is 49.6 Å². The van der Waals surface area contributed by atoms with Crippen molar-refractivity contribution in [2.24, 2.45) is 0 Å². The smallest absolute Gasteiger partial charge is 0.341 e. The maximum atomic E-state index is 12.6. The Balaban J connectivity index is 1.77. The molecule has 0 radical (unpaired) electrons. The molecule has 7 nitrogen and oxygen atoms in total. The number of methoxy groups -OCH3 is 1. The van der Waals surface area contributed by atoms with E-state index in [9.17, 15) is 9.59 Å². The number of carbonyl (C=O) groups excluding carboxylic acids is 2. The summed E-state index contributed by atoms with van der Waals surface area (Å²) in [7, 11) is 1.31. The number of hydrogen-bond donors (Lipinski definition) is 2. The summed E-state index contributed by atoms with van der Waals surface area (Å²) in [5.74, 6) is -0.207. The standard InChI is InChI=1S/C28H32N2O5/c1-20(2)34-18-10-17-29-28(32)30-23-15-16-25(24(19-23)27(31)33-3)35-26(21-11-6-4-7-12-21)22-13-8-5-9-14-22/h4-9,11-16,19-20,26H,10,17-18H2,1-3H3,(H2,29,30,32). The van der Waals surface area contributed by atoms with Gasteiger partial charge in [0.1, 0.15) is 17.4 Å². The average Bonchev–Trinajstić information content (AvgIpc) is 2.88. The molecule has 2 amide bonds. The number of amides is 2. The highest BCUT2D eigenvalue weighted by Gasteiger charge is 2.21. The van der Waals surface area contributed by atoms with Crippen LogP contribution in [-0.2, 0) is 9.47 Å². The van der Waals surface area contributed by atoms with Crippen LogP contribution in [0.25, 0.3) is 0 Å². The number of ether oxygens (including phenoxy) is 3. The maximum absolute atomic E-state index is 12.6. The van der Waals surface area contributed by atoms with Crippen LogP contribution in [0.15, 0.2) is 78.9 Å². The van der Waals surface area contributed by atoms with E-state index in [2.05, 4.69) is 10.6 Å². The van der Waals surface area contributed by atoms with Crippen LogP contribution in [0.5, 0.6) is 5.75 Å². The van der Waals surface area contributed by atoms with Gasteiger partial charge in [-0.15, -0.1) is 0 Å². The second kappa shape index (κ2) is 13.2. The third-order valence-electron chi connectivity index (χ3n) is 5.15. The normalized spacial score (nSPS) is 10.8. The lowest BCUT2D eigenvalue weighted by Crippen LogP contribution is -2.30. The van der Waals surface area contributed by atoms with Crippen molar-refractivity contribution >= 4 is 17.7 Å². The number of benzene rings is 3. The summed E-state index contributed by atoms with van der Waals surface area (Å²) >= 11 is 0. The zero-order valence-corrected chi connectivity index (χ0v) is 20.3. The number of nitrogens with one attached hydrogen (secondary N) is 2. The van der Waals surface area contributed by atoms with Crippen molar-refractivity contribution in [3.63, 3.8) is 0 Å². The molecule has 0 aliphatic heterocycles. The minimum Gasteiger partial charge on any atom is -0.480 e. The van der Waals surface area contributed by atoms with E-state index in [1.54, 1.807) is 18.2 Å². The molecule has 0 aromatic heterocycles. The topological polar surface area (TPSA) is 85.9 Å². The molecule has 2 N–H and O–H groups in total. The summed E-state index contributed by atoms with van der Waals surface area (Å²) in [6.07, 6.45) is 0.423. The average molecular weight is 477 g/mol. The fourth-order valence-electron chi connectivity index (χ4n) is 3.46. The van der Waals surface area contributed by atoms with Crippen molar-refractivity contribution in [3.8, 4) is 5.75 Å². The van der Waals surface area contributed by atoms with Crippen LogP contribution in [0.3, 0.4) is 0 Å². The van der Waals surface area contributed by atoms with Crippen LogP contribution in [0, 0.1) is 0 Å². The minimum atomic E-state index is -0.560. The number of esters is 1. The van der Waals surface area contributed by atoms with Crippen LogP contribution in [0.2, 0.25) is 0 Å². The van der Waals surface area contributed by atoms with Crippen molar-refractivity contribution in [2.75, 3.05) is 25.6 Å². The Bertz CT molecular complexity index is 1050. The van der Waals surface area contributed by atoms with E-state index in [0.29, 0.717) is 31.0 Å². The molecule has 0 fully saturated rings. The SMILES string of the molecule is COC(=O)c1cc(NC(=O)NCCCOC(C)C)ccc1OC(c1ccccc1)c1ccccc1. The molecule has 184 valence electrons. The van der Waals surface area contributed by atoms with E-state index in [1.807, 2.05) is 74.5 Å². The molecular formula is C28H32N2O5. The van der Waals surface area contributed by atoms with E-state index in [0.717, 1.165) is 11.1 Å². The van der Waals surface area contributed by atoms with Crippen LogP contribution in [-0.4, -0.2) is 38.4 Å². The van der Waals surface area contributed by atoms with Crippen LogP contribution >= 0.6 is 0 Å². The molecule has 3 rings (SSSR count). The zero-order valence-electron chi connectivity index (χ0n) is 20.3. The first-order chi connectivity index (χ1) is 17.0. The lowest BCUT2D eigenvalue weighted by molar-refractivity contribution is 0.0594. The molecule has 0 heterocycles. The van der Waals surface area contributed by atoms with Gasteiger partial charge in [0.15, 0.2) is 0 Å². The molecule has 0 aliphatic rings. The maximum Gasteiger partial charge on any atom is 0.341 e. The van der Waals surface area contributed by atoms with Crippen molar-refractivity contribution in [2.45, 2.75) is 32.5 Å². The Labute approximate surface area is 206 Å². The van der Waals surface area contributed by atoms with Crippen LogP contribution in [0.4, 0.5) is 10.5 Å². The monoisotopic (exact) mass is 476 g/mol. The molecule has 0 saturated heterocycles. The zero-order chi connectivity index (χ0) is 25.0. The van der Waals surface area contributed by atoms with Crippen molar-refractivity contribution in [1.29, 1.82) is 0 Å². The van der Waals surface area contributed by atoms with E-state index >= 15 is 0 Å². The molecule has 0 atom stereocenters. The second-order valence-corrected chi connectivity index (χ2v) is 8.18. The van der Waals surface area contributed by atoms with E-state index in [4.69, 9.17) is 14.2 Å². The van der Waals surface area contributed by atoms with Crippen molar-refractivity contribution < 1.29 is 23.8 Å². The fraction of sp³-hybridized carbons (Fsp3) is 0.286. The highest BCUT2D eigenvalue weighted by molar-refractivity contribution is 5.96. The number of rotatable bonds is 11. The van der Waals surface area contributed by atoms with Gasteiger partial charge in [0.05, 0.1) is 13.2 Å². The van der Waals surface area contributed by atoms with Gasteiger partial charge in [-0.2, -0.15) is 0 Å². The Morgan fingerprint density at radius 3 is 2.09 bits per heavy atom. The fourth-order valence-corrected chi connectivity index (χ4v) is 3.46. The highest BCUT2D eigenvalue weighted by Crippen LogP contribution is 2.32. The molecule has 0 saturated carbocycles. The molecule has 35 heavy (non-hydrogen) atoms. The summed E-state index contributed by atoms with van der Waals surface area (Å²) in [4.78, 5) is 24.9. The molecule has 0 unspecified atom stereocenters. The predicted octanol–water partition coefficient (Wildman–Crippen LogP) is 5.58. The Morgan fingerprint density at radius 2 is 1.51 bits per heavy atom. The summed E-state index contributed by atoms with van der Waals surface area (Å²) < 4.78 is 16.8. The molecule has 3 aromatic carbocycles. The highest BCUT2D eigenvalue weighted by atomic mass is 16.5. The number of urea groups is 1. The van der Waals surface area contributed by atoms with Crippen LogP contribution in [0.1, 0.15) is 47.9 Å². The Hall–Kier alpha value is -3.84. The van der Waals surface area contributed by atoms with Gasteiger partial charge in [0.25, 0.3) is 0 Å². The lowest BCUT2D eigenvalue weighted by Gasteiger charge is -2.22. The largest absolute Gasteiger partial charge is 0.480 e. The van der Waals surface area contributed by atoms with Gasteiger partial charge >= 0.3 is 12.0 Å². The van der Waals surface area contributed by atoms with E-state index < -0.39 is 12.1 Å². The molecular weight excluding hydrogens is 444 g/mol. The summed E-state index contributed by atoms with van der Waals surface area (Å²) in [5.41, 5.74) is 2.55. The minimum absolute atomic E-state index is 0.157. The number of carbonyl (C=O) groups is 2. The first-order valence-electron chi connectivity index (χ1n) is 11.6. The first kappa shape index (κ1) is 25.8. The quantitative estimate of drug-likeness (QED) is 0.279. The van der Waals surface area contributed by atoms with Gasteiger partial charge in [-0.1, -0.05) is 60.7 Å². The molecule has 0 aliphatic carbocycles. The van der Waals surface area contributed by atoms with Gasteiger partial charge in [0, 0.05) is 18.8 Å². The lowest BCUT2D eigenvalue weighted by atomic mass is 10.0. The first-order valence-corrected chi connectivity index (χ1v) is 11.6. The van der Waals surface area contributed by atoms with Gasteiger partial charge in [0.2, 0.25) is 0 Å². The number of hydrogen-bond acceptors (Lipinski definition) is 5. The van der Waals surface area contributed by atoms with Gasteiger partial charge in [-0.25, -0.2) is 9.59 Å². The molecule has 0 bridgehead atoms. The summed E-state index contributed by atoms with van der Waals surface area (Å²) in [6, 6.07) is 24.1. The van der Waals surface area contributed by atoms with E-state index in [1.165, 1.54) is 7.11 Å². The van der Waals surface area contributed by atoms with Gasteiger partial charge in [-0.3, -0.25) is 0 Å². The number of anilines is 1. The Kier molecular flexibility index (Phi) is 9.69. The molecule has 0 spiro atoms. The third-order valence-corrected chi connectivity index (χ3v) is 5.15. The van der Waals surface area contributed by atoms with Crippen LogP contribution < -0.4 is 15.4 Å². The van der Waals surface area contributed by atoms with Gasteiger partial charge < -0.3 is 24.8 Å². The summed E-state index contributed by atoms with van der Waals surface area (Å²) in [5, 5.41) is 5.53. The Morgan fingerprint density at radius 1 is 0.886 bits per heavy atom. The summed E-state index contributed by atoms with van der Waals surface area (Å²) in [6.45, 7) is 4.97. The van der Waals surface area contributed by atoms with Crippen molar-refractivity contribution in [1.82, 2.24) is 5.32 Å².